The number of ether oxygens (including phenoxy) is 1. The molecule has 10 heteroatoms. The maximum absolute atomic E-state index is 13.4. The number of rotatable bonds is 6. The average Bonchev–Trinajstić information content (AvgIpc) is 3.42. The molecule has 1 aliphatic heterocycles. The van der Waals surface area contributed by atoms with Crippen molar-refractivity contribution < 1.29 is 29.3 Å². The number of hydrogen-bond donors (Lipinski definition) is 2. The zero-order valence-electron chi connectivity index (χ0n) is 20.7. The molecule has 192 valence electrons. The largest absolute Gasteiger partial charge is 0.507 e. The number of anilines is 1. The summed E-state index contributed by atoms with van der Waals surface area (Å²) in [6, 6.07) is 11.9. The first-order valence-electron chi connectivity index (χ1n) is 11.8. The van der Waals surface area contributed by atoms with Crippen LogP contribution in [-0.4, -0.2) is 43.9 Å². The molecule has 0 spiro atoms. The fourth-order valence-electron chi connectivity index (χ4n) is 4.37. The number of hydrogen-bond acceptors (Lipinski definition) is 8. The van der Waals surface area contributed by atoms with Crippen LogP contribution in [0.1, 0.15) is 46.9 Å². The van der Waals surface area contributed by atoms with Crippen LogP contribution < -0.4 is 9.64 Å². The number of aromatic nitrogens is 2. The maximum Gasteiger partial charge on any atom is 0.335 e. The number of carbonyl (C=O) groups excluding carboxylic acids is 2. The van der Waals surface area contributed by atoms with Crippen molar-refractivity contribution in [3.8, 4) is 5.75 Å². The van der Waals surface area contributed by atoms with Crippen molar-refractivity contribution >= 4 is 50.1 Å². The van der Waals surface area contributed by atoms with E-state index in [9.17, 15) is 24.6 Å². The van der Waals surface area contributed by atoms with Crippen LogP contribution in [-0.2, 0) is 9.59 Å². The Kier molecular flexibility index (Phi) is 6.41. The molecule has 2 N–H and O–H groups in total. The van der Waals surface area contributed by atoms with Crippen molar-refractivity contribution in [3.05, 3.63) is 88.8 Å². The molecule has 1 saturated heterocycles. The SMILES string of the molecule is Cc1cc(/C(O)=C2\C(=O)C(=O)N(c3nc4ccc(C(=O)O)cc4s3)C2c2cccnc2)ccc1OC(C)C. The number of aliphatic hydroxyl groups is 1. The van der Waals surface area contributed by atoms with E-state index in [1.807, 2.05) is 20.8 Å². The summed E-state index contributed by atoms with van der Waals surface area (Å²) >= 11 is 1.09. The minimum atomic E-state index is -1.09. The van der Waals surface area contributed by atoms with Gasteiger partial charge < -0.3 is 14.9 Å². The quantitative estimate of drug-likeness (QED) is 0.200. The molecule has 1 aliphatic rings. The zero-order chi connectivity index (χ0) is 27.1. The predicted molar refractivity (Wildman–Crippen MR) is 143 cm³/mol. The molecule has 5 rings (SSSR count). The lowest BCUT2D eigenvalue weighted by Crippen LogP contribution is -2.29. The van der Waals surface area contributed by atoms with Crippen LogP contribution in [0.15, 0.2) is 66.5 Å². The number of ketones is 1. The minimum absolute atomic E-state index is 0.0376. The Morgan fingerprint density at radius 2 is 1.84 bits per heavy atom. The predicted octanol–water partition coefficient (Wildman–Crippen LogP) is 5.11. The molecule has 1 amide bonds. The highest BCUT2D eigenvalue weighted by Crippen LogP contribution is 2.44. The minimum Gasteiger partial charge on any atom is -0.507 e. The van der Waals surface area contributed by atoms with Crippen LogP contribution in [0.4, 0.5) is 5.13 Å². The number of carbonyl (C=O) groups is 3. The first-order chi connectivity index (χ1) is 18.2. The molecule has 38 heavy (non-hydrogen) atoms. The summed E-state index contributed by atoms with van der Waals surface area (Å²) < 4.78 is 6.33. The molecule has 1 atom stereocenters. The molecule has 9 nitrogen and oxygen atoms in total. The summed E-state index contributed by atoms with van der Waals surface area (Å²) in [6.45, 7) is 5.65. The maximum atomic E-state index is 13.4. The molecular formula is C28H23N3O6S. The first kappa shape index (κ1) is 25.1. The molecular weight excluding hydrogens is 506 g/mol. The van der Waals surface area contributed by atoms with E-state index in [1.54, 1.807) is 42.6 Å². The molecule has 0 radical (unpaired) electrons. The number of Topliss-reactive ketones (excluding diaryl/α,β-unsaturated/α-hetero) is 1. The third-order valence-corrected chi connectivity index (χ3v) is 7.10. The van der Waals surface area contributed by atoms with Crippen molar-refractivity contribution in [1.82, 2.24) is 9.97 Å². The van der Waals surface area contributed by atoms with E-state index in [-0.39, 0.29) is 28.1 Å². The van der Waals surface area contributed by atoms with E-state index in [4.69, 9.17) is 4.74 Å². The number of aromatic carboxylic acids is 1. The second kappa shape index (κ2) is 9.71. The standard InChI is InChI=1S/C28H23N3O6S/c1-14(2)37-20-9-7-16(11-15(20)3)24(32)22-23(18-5-4-10-29-13-18)31(26(34)25(22)33)28-30-19-8-6-17(27(35)36)12-21(19)38-28/h4-14,23,32H,1-3H3,(H,35,36)/b24-22+. The number of pyridine rings is 1. The number of amides is 1. The van der Waals surface area contributed by atoms with Gasteiger partial charge in [-0.3, -0.25) is 19.5 Å². The van der Waals surface area contributed by atoms with Crippen molar-refractivity contribution in [1.29, 1.82) is 0 Å². The van der Waals surface area contributed by atoms with Crippen molar-refractivity contribution in [3.63, 3.8) is 0 Å². The number of benzene rings is 2. The van der Waals surface area contributed by atoms with E-state index in [2.05, 4.69) is 9.97 Å². The third kappa shape index (κ3) is 4.39. The van der Waals surface area contributed by atoms with Crippen LogP contribution in [0.3, 0.4) is 0 Å². The molecule has 1 fully saturated rings. The summed E-state index contributed by atoms with van der Waals surface area (Å²) in [5.74, 6) is -2.47. The highest BCUT2D eigenvalue weighted by molar-refractivity contribution is 7.22. The topological polar surface area (TPSA) is 130 Å². The second-order valence-electron chi connectivity index (χ2n) is 9.09. The molecule has 2 aromatic heterocycles. The molecule has 0 aliphatic carbocycles. The van der Waals surface area contributed by atoms with Gasteiger partial charge in [0.05, 0.1) is 33.5 Å². The molecule has 0 bridgehead atoms. The van der Waals surface area contributed by atoms with Gasteiger partial charge in [-0.1, -0.05) is 17.4 Å². The Bertz CT molecular complexity index is 1630. The van der Waals surface area contributed by atoms with Gasteiger partial charge >= 0.3 is 11.9 Å². The van der Waals surface area contributed by atoms with E-state index < -0.39 is 23.7 Å². The smallest absolute Gasteiger partial charge is 0.335 e. The van der Waals surface area contributed by atoms with Crippen LogP contribution in [0, 0.1) is 6.92 Å². The van der Waals surface area contributed by atoms with Crippen LogP contribution >= 0.6 is 11.3 Å². The lowest BCUT2D eigenvalue weighted by molar-refractivity contribution is -0.132. The molecule has 3 heterocycles. The van der Waals surface area contributed by atoms with Crippen molar-refractivity contribution in [2.24, 2.45) is 0 Å². The number of thiazole rings is 1. The van der Waals surface area contributed by atoms with Gasteiger partial charge in [0.2, 0.25) is 0 Å². The highest BCUT2D eigenvalue weighted by atomic mass is 32.1. The van der Waals surface area contributed by atoms with Crippen molar-refractivity contribution in [2.45, 2.75) is 32.9 Å². The molecule has 1 unspecified atom stereocenters. The van der Waals surface area contributed by atoms with Gasteiger partial charge in [-0.25, -0.2) is 9.78 Å². The molecule has 0 saturated carbocycles. The Morgan fingerprint density at radius 3 is 2.50 bits per heavy atom. The number of fused-ring (bicyclic) bond motifs is 1. The zero-order valence-corrected chi connectivity index (χ0v) is 21.5. The van der Waals surface area contributed by atoms with Gasteiger partial charge in [-0.05, 0) is 74.4 Å². The van der Waals surface area contributed by atoms with Gasteiger partial charge in [-0.15, -0.1) is 0 Å². The van der Waals surface area contributed by atoms with Gasteiger partial charge in [0.15, 0.2) is 5.13 Å². The Balaban J connectivity index is 1.66. The Morgan fingerprint density at radius 1 is 1.08 bits per heavy atom. The van der Waals surface area contributed by atoms with E-state index in [0.717, 1.165) is 16.9 Å². The Hall–Kier alpha value is -4.57. The number of carboxylic acid groups (broad SMARTS) is 1. The van der Waals surface area contributed by atoms with E-state index in [1.165, 1.54) is 23.2 Å². The number of aliphatic hydroxyl groups excluding tert-OH is 1. The van der Waals surface area contributed by atoms with Gasteiger partial charge in [-0.2, -0.15) is 0 Å². The van der Waals surface area contributed by atoms with Crippen LogP contribution in [0.5, 0.6) is 5.75 Å². The summed E-state index contributed by atoms with van der Waals surface area (Å²) in [5.41, 5.74) is 2.11. The monoisotopic (exact) mass is 529 g/mol. The summed E-state index contributed by atoms with van der Waals surface area (Å²) in [5, 5.41) is 20.9. The first-order valence-corrected chi connectivity index (χ1v) is 12.6. The van der Waals surface area contributed by atoms with Crippen molar-refractivity contribution in [2.75, 3.05) is 4.90 Å². The average molecular weight is 530 g/mol. The van der Waals surface area contributed by atoms with Gasteiger partial charge in [0.1, 0.15) is 11.5 Å². The second-order valence-corrected chi connectivity index (χ2v) is 10.1. The lowest BCUT2D eigenvalue weighted by Gasteiger charge is -2.22. The summed E-state index contributed by atoms with van der Waals surface area (Å²) in [6.07, 6.45) is 3.05. The summed E-state index contributed by atoms with van der Waals surface area (Å²) in [4.78, 5) is 48.1. The lowest BCUT2D eigenvalue weighted by atomic mass is 9.96. The van der Waals surface area contributed by atoms with Crippen LogP contribution in [0.25, 0.3) is 16.0 Å². The number of aryl methyl sites for hydroxylation is 1. The van der Waals surface area contributed by atoms with Gasteiger partial charge in [0, 0.05) is 18.0 Å². The normalized spacial score (nSPS) is 16.9. The molecule has 2 aromatic carbocycles. The molecule has 4 aromatic rings. The fourth-order valence-corrected chi connectivity index (χ4v) is 5.40. The van der Waals surface area contributed by atoms with E-state index >= 15 is 0 Å². The van der Waals surface area contributed by atoms with Crippen LogP contribution in [0.2, 0.25) is 0 Å². The third-order valence-electron chi connectivity index (χ3n) is 6.09. The Labute approximate surface area is 221 Å². The number of nitrogens with zero attached hydrogens (tertiary/aromatic N) is 3. The van der Waals surface area contributed by atoms with E-state index in [0.29, 0.717) is 27.1 Å². The fraction of sp³-hybridized carbons (Fsp3) is 0.179. The summed E-state index contributed by atoms with van der Waals surface area (Å²) in [7, 11) is 0. The highest BCUT2D eigenvalue weighted by Gasteiger charge is 2.48. The van der Waals surface area contributed by atoms with Gasteiger partial charge in [0.25, 0.3) is 5.78 Å². The number of carboxylic acids is 1.